The molecule has 0 spiro atoms. The topological polar surface area (TPSA) is 63.7 Å². The Bertz CT molecular complexity index is 843. The molecule has 2 aromatic rings. The van der Waals surface area contributed by atoms with Crippen molar-refractivity contribution in [1.29, 1.82) is 0 Å². The molecule has 1 amide bonds. The Hall–Kier alpha value is -2.12. The zero-order valence-corrected chi connectivity index (χ0v) is 16.7. The molecule has 6 nitrogen and oxygen atoms in total. The van der Waals surface area contributed by atoms with Crippen LogP contribution in [0.25, 0.3) is 0 Å². The molecule has 1 N–H and O–H groups in total. The molecule has 0 bridgehead atoms. The Morgan fingerprint density at radius 2 is 2.04 bits per heavy atom. The number of methoxy groups -OCH3 is 1. The zero-order valence-electron chi connectivity index (χ0n) is 15.8. The zero-order chi connectivity index (χ0) is 18.8. The van der Waals surface area contributed by atoms with Crippen molar-refractivity contribution in [3.8, 4) is 5.75 Å². The molecule has 0 saturated carbocycles. The average Bonchev–Trinajstić information content (AvgIpc) is 3.31. The van der Waals surface area contributed by atoms with E-state index in [1.807, 2.05) is 6.92 Å². The van der Waals surface area contributed by atoms with Crippen molar-refractivity contribution < 1.29 is 14.3 Å². The number of aryl methyl sites for hydroxylation is 3. The predicted molar refractivity (Wildman–Crippen MR) is 106 cm³/mol. The summed E-state index contributed by atoms with van der Waals surface area (Å²) in [5.74, 6) is 0.776. The fourth-order valence-corrected chi connectivity index (χ4v) is 4.75. The van der Waals surface area contributed by atoms with Gasteiger partial charge in [-0.05, 0) is 43.4 Å². The van der Waals surface area contributed by atoms with Crippen LogP contribution in [0.1, 0.15) is 38.5 Å². The van der Waals surface area contributed by atoms with Crippen molar-refractivity contribution in [1.82, 2.24) is 10.3 Å². The molecule has 4 rings (SSSR count). The van der Waals surface area contributed by atoms with Gasteiger partial charge in [-0.2, -0.15) is 0 Å². The molecule has 0 radical (unpaired) electrons. The van der Waals surface area contributed by atoms with Gasteiger partial charge in [-0.3, -0.25) is 4.79 Å². The van der Waals surface area contributed by atoms with E-state index in [-0.39, 0.29) is 5.91 Å². The fourth-order valence-electron chi connectivity index (χ4n) is 3.72. The first-order chi connectivity index (χ1) is 13.2. The Kier molecular flexibility index (Phi) is 5.31. The largest absolute Gasteiger partial charge is 0.496 e. The summed E-state index contributed by atoms with van der Waals surface area (Å²) >= 11 is 1.46. The Morgan fingerprint density at radius 3 is 2.78 bits per heavy atom. The van der Waals surface area contributed by atoms with Crippen LogP contribution in [0.2, 0.25) is 0 Å². The molecule has 1 aromatic carbocycles. The van der Waals surface area contributed by atoms with Gasteiger partial charge in [0.25, 0.3) is 5.91 Å². The number of carbonyl (C=O) groups excluding carboxylic acids is 1. The third-order valence-corrected chi connectivity index (χ3v) is 6.42. The Balaban J connectivity index is 1.46. The maximum atomic E-state index is 12.7. The van der Waals surface area contributed by atoms with E-state index in [0.29, 0.717) is 24.6 Å². The van der Waals surface area contributed by atoms with Gasteiger partial charge in [0.15, 0.2) is 5.13 Å². The summed E-state index contributed by atoms with van der Waals surface area (Å²) < 4.78 is 10.9. The lowest BCUT2D eigenvalue weighted by atomic mass is 10.0. The second kappa shape index (κ2) is 7.86. The highest BCUT2D eigenvalue weighted by molar-refractivity contribution is 7.17. The van der Waals surface area contributed by atoms with Crippen LogP contribution in [0.15, 0.2) is 12.1 Å². The van der Waals surface area contributed by atoms with Crippen LogP contribution < -0.4 is 15.0 Å². The summed E-state index contributed by atoms with van der Waals surface area (Å²) in [7, 11) is 1.68. The number of anilines is 1. The van der Waals surface area contributed by atoms with E-state index in [0.717, 1.165) is 48.1 Å². The standard InChI is InChI=1S/C20H25N3O3S/c1-13-18(27-20(22-13)23-6-8-26-9-7-23)19(24)21-12-16-10-14-4-3-5-15(14)11-17(16)25-2/h10-11H,3-9,12H2,1-2H3,(H,21,24). The number of morpholine rings is 1. The van der Waals surface area contributed by atoms with Gasteiger partial charge in [0, 0.05) is 25.2 Å². The smallest absolute Gasteiger partial charge is 0.263 e. The number of ether oxygens (including phenoxy) is 2. The summed E-state index contributed by atoms with van der Waals surface area (Å²) in [5.41, 5.74) is 4.56. The van der Waals surface area contributed by atoms with Gasteiger partial charge in [0.05, 0.1) is 26.0 Å². The molecule has 7 heteroatoms. The number of carbonyl (C=O) groups is 1. The number of rotatable bonds is 5. The second-order valence-corrected chi connectivity index (χ2v) is 7.96. The molecule has 2 heterocycles. The van der Waals surface area contributed by atoms with Crippen molar-refractivity contribution in [2.24, 2.45) is 0 Å². The van der Waals surface area contributed by atoms with E-state index in [1.54, 1.807) is 7.11 Å². The van der Waals surface area contributed by atoms with Gasteiger partial charge in [0.2, 0.25) is 0 Å². The first-order valence-corrected chi connectivity index (χ1v) is 10.2. The molecule has 1 aliphatic carbocycles. The maximum Gasteiger partial charge on any atom is 0.263 e. The van der Waals surface area contributed by atoms with Crippen molar-refractivity contribution in [2.45, 2.75) is 32.7 Å². The van der Waals surface area contributed by atoms with Gasteiger partial charge in [-0.1, -0.05) is 17.4 Å². The number of nitrogens with zero attached hydrogens (tertiary/aromatic N) is 2. The normalized spacial score (nSPS) is 16.3. The third kappa shape index (κ3) is 3.80. The van der Waals surface area contributed by atoms with E-state index in [4.69, 9.17) is 9.47 Å². The SMILES string of the molecule is COc1cc2c(cc1CNC(=O)c1sc(N3CCOCC3)nc1C)CCC2. The Morgan fingerprint density at radius 1 is 1.30 bits per heavy atom. The number of amides is 1. The van der Waals surface area contributed by atoms with Gasteiger partial charge in [-0.25, -0.2) is 4.98 Å². The minimum absolute atomic E-state index is 0.0768. The molecular formula is C20H25N3O3S. The molecule has 1 aliphatic heterocycles. The van der Waals surface area contributed by atoms with E-state index in [9.17, 15) is 4.79 Å². The maximum absolute atomic E-state index is 12.7. The first-order valence-electron chi connectivity index (χ1n) is 9.42. The summed E-state index contributed by atoms with van der Waals surface area (Å²) in [6.45, 7) is 5.40. The minimum atomic E-state index is -0.0768. The number of hydrogen-bond donors (Lipinski definition) is 1. The molecule has 27 heavy (non-hydrogen) atoms. The molecule has 0 atom stereocenters. The van der Waals surface area contributed by atoms with Gasteiger partial charge in [0.1, 0.15) is 10.6 Å². The number of fused-ring (bicyclic) bond motifs is 1. The summed E-state index contributed by atoms with van der Waals surface area (Å²) in [4.78, 5) is 20.2. The van der Waals surface area contributed by atoms with Gasteiger partial charge >= 0.3 is 0 Å². The second-order valence-electron chi connectivity index (χ2n) is 6.98. The first kappa shape index (κ1) is 18.3. The third-order valence-electron chi connectivity index (χ3n) is 5.21. The van der Waals surface area contributed by atoms with Crippen LogP contribution in [0.5, 0.6) is 5.75 Å². The molecule has 1 aromatic heterocycles. The Labute approximate surface area is 163 Å². The highest BCUT2D eigenvalue weighted by atomic mass is 32.1. The van der Waals surface area contributed by atoms with E-state index < -0.39 is 0 Å². The molecule has 1 fully saturated rings. The molecule has 0 unspecified atom stereocenters. The molecule has 1 saturated heterocycles. The van der Waals surface area contributed by atoms with E-state index >= 15 is 0 Å². The lowest BCUT2D eigenvalue weighted by Crippen LogP contribution is -2.36. The highest BCUT2D eigenvalue weighted by Gasteiger charge is 2.21. The molecular weight excluding hydrogens is 362 g/mol. The van der Waals surface area contributed by atoms with Crippen molar-refractivity contribution in [3.63, 3.8) is 0 Å². The molecule has 2 aliphatic rings. The van der Waals surface area contributed by atoms with Crippen LogP contribution in [-0.2, 0) is 24.1 Å². The van der Waals surface area contributed by atoms with E-state index in [1.165, 1.54) is 28.9 Å². The number of aromatic nitrogens is 1. The van der Waals surface area contributed by atoms with Gasteiger partial charge in [-0.15, -0.1) is 0 Å². The van der Waals surface area contributed by atoms with Crippen LogP contribution in [0.3, 0.4) is 0 Å². The number of hydrogen-bond acceptors (Lipinski definition) is 6. The van der Waals surface area contributed by atoms with Gasteiger partial charge < -0.3 is 19.7 Å². The van der Waals surface area contributed by atoms with Crippen molar-refractivity contribution in [3.05, 3.63) is 39.4 Å². The number of benzene rings is 1. The van der Waals surface area contributed by atoms with Crippen LogP contribution >= 0.6 is 11.3 Å². The van der Waals surface area contributed by atoms with Crippen LogP contribution in [0, 0.1) is 6.92 Å². The molecule has 144 valence electrons. The predicted octanol–water partition coefficient (Wildman–Crippen LogP) is 2.72. The van der Waals surface area contributed by atoms with Crippen molar-refractivity contribution in [2.75, 3.05) is 38.3 Å². The quantitative estimate of drug-likeness (QED) is 0.855. The lowest BCUT2D eigenvalue weighted by molar-refractivity contribution is 0.0954. The van der Waals surface area contributed by atoms with Crippen molar-refractivity contribution >= 4 is 22.4 Å². The number of thiazole rings is 1. The van der Waals surface area contributed by atoms with E-state index in [2.05, 4.69) is 27.3 Å². The van der Waals surface area contributed by atoms with Crippen LogP contribution in [0.4, 0.5) is 5.13 Å². The summed E-state index contributed by atoms with van der Waals surface area (Å²) in [6.07, 6.45) is 3.42. The summed E-state index contributed by atoms with van der Waals surface area (Å²) in [5, 5.41) is 3.95. The highest BCUT2D eigenvalue weighted by Crippen LogP contribution is 2.30. The average molecular weight is 388 g/mol. The number of nitrogens with one attached hydrogen (secondary N) is 1. The lowest BCUT2D eigenvalue weighted by Gasteiger charge is -2.25. The fraction of sp³-hybridized carbons (Fsp3) is 0.500. The van der Waals surface area contributed by atoms with Crippen LogP contribution in [-0.4, -0.2) is 44.3 Å². The monoisotopic (exact) mass is 387 g/mol. The summed E-state index contributed by atoms with van der Waals surface area (Å²) in [6, 6.07) is 4.30. The minimum Gasteiger partial charge on any atom is -0.496 e.